The maximum Gasteiger partial charge on any atom is 0.283 e. The Kier molecular flexibility index (Phi) is 4.51. The molecule has 0 fully saturated rings. The van der Waals surface area contributed by atoms with Gasteiger partial charge in [0, 0.05) is 17.3 Å². The van der Waals surface area contributed by atoms with Crippen molar-refractivity contribution in [3.05, 3.63) is 65.9 Å². The second-order valence-corrected chi connectivity index (χ2v) is 8.28. The summed E-state index contributed by atoms with van der Waals surface area (Å²) in [6.07, 6.45) is 2.85. The van der Waals surface area contributed by atoms with Crippen LogP contribution in [0.4, 0.5) is 8.78 Å². The first-order valence-electron chi connectivity index (χ1n) is 9.99. The number of amidine groups is 1. The van der Waals surface area contributed by atoms with Crippen molar-refractivity contribution in [2.75, 3.05) is 13.2 Å². The molecule has 4 heterocycles. The van der Waals surface area contributed by atoms with Gasteiger partial charge >= 0.3 is 0 Å². The number of ether oxygens (including phenoxy) is 3. The molecular weight excluding hydrogens is 418 g/mol. The number of aliphatic imine (C=N–C) groups is 1. The van der Waals surface area contributed by atoms with Crippen LogP contribution in [-0.2, 0) is 10.3 Å². The van der Waals surface area contributed by atoms with Gasteiger partial charge in [-0.1, -0.05) is 6.07 Å². The van der Waals surface area contributed by atoms with Crippen LogP contribution in [0, 0.1) is 5.95 Å². The molecular formula is C23H20F2N4O3. The maximum atomic E-state index is 14.3. The van der Waals surface area contributed by atoms with Gasteiger partial charge in [0.2, 0.25) is 11.8 Å². The van der Waals surface area contributed by atoms with Crippen LogP contribution in [-0.4, -0.2) is 34.9 Å². The Hall–Kier alpha value is -3.75. The molecule has 0 radical (unpaired) electrons. The lowest BCUT2D eigenvalue weighted by atomic mass is 9.81. The minimum Gasteiger partial charge on any atom is -0.489 e. The van der Waals surface area contributed by atoms with Gasteiger partial charge in [-0.25, -0.2) is 19.4 Å². The Bertz CT molecular complexity index is 1240. The van der Waals surface area contributed by atoms with Crippen LogP contribution in [0.1, 0.15) is 25.0 Å². The Morgan fingerprint density at radius 1 is 1.19 bits per heavy atom. The second kappa shape index (κ2) is 7.15. The van der Waals surface area contributed by atoms with Gasteiger partial charge in [-0.2, -0.15) is 4.39 Å². The predicted octanol–water partition coefficient (Wildman–Crippen LogP) is 4.10. The quantitative estimate of drug-likeness (QED) is 0.617. The number of nitrogens with zero attached hydrogens (tertiary/aromatic N) is 3. The van der Waals surface area contributed by atoms with E-state index in [2.05, 4.69) is 15.0 Å². The van der Waals surface area contributed by atoms with Crippen LogP contribution >= 0.6 is 0 Å². The summed E-state index contributed by atoms with van der Waals surface area (Å²) in [5, 5.41) is 0. The number of halogens is 2. The van der Waals surface area contributed by atoms with Crippen molar-refractivity contribution in [1.29, 1.82) is 0 Å². The average molecular weight is 438 g/mol. The second-order valence-electron chi connectivity index (χ2n) is 8.28. The zero-order chi connectivity index (χ0) is 22.5. The standard InChI is InChI=1S/C23H20F2N4O3/c1-22(2,25)11-30-14-9-17-20(28-10-14)32-18-6-5-13(15-4-3-7-27-19(15)24)8-16(18)23(17)12-31-21(26)29-23/h3-10H,11-12H2,1-2H3,(H2,26,29)/t23-/m0/s1. The molecule has 0 bridgehead atoms. The first-order valence-corrected chi connectivity index (χ1v) is 9.99. The number of pyridine rings is 2. The van der Waals surface area contributed by atoms with Crippen LogP contribution in [0.15, 0.2) is 53.8 Å². The molecule has 2 N–H and O–H groups in total. The zero-order valence-corrected chi connectivity index (χ0v) is 17.4. The summed E-state index contributed by atoms with van der Waals surface area (Å²) in [7, 11) is 0. The zero-order valence-electron chi connectivity index (χ0n) is 17.4. The highest BCUT2D eigenvalue weighted by molar-refractivity contribution is 5.77. The first-order chi connectivity index (χ1) is 15.2. The molecule has 32 heavy (non-hydrogen) atoms. The van der Waals surface area contributed by atoms with Crippen LogP contribution in [0.3, 0.4) is 0 Å². The fraction of sp³-hybridized carbons (Fsp3) is 0.261. The predicted molar refractivity (Wildman–Crippen MR) is 113 cm³/mol. The van der Waals surface area contributed by atoms with Crippen molar-refractivity contribution >= 4 is 6.02 Å². The summed E-state index contributed by atoms with van der Waals surface area (Å²) in [6.45, 7) is 2.80. The lowest BCUT2D eigenvalue weighted by Crippen LogP contribution is -2.31. The summed E-state index contributed by atoms with van der Waals surface area (Å²) in [6, 6.07) is 10.3. The molecule has 1 atom stereocenters. The highest BCUT2D eigenvalue weighted by Gasteiger charge is 2.48. The van der Waals surface area contributed by atoms with Crippen LogP contribution < -0.4 is 15.2 Å². The molecule has 2 aromatic heterocycles. The number of benzene rings is 1. The Morgan fingerprint density at radius 3 is 2.75 bits per heavy atom. The molecule has 2 aliphatic rings. The summed E-state index contributed by atoms with van der Waals surface area (Å²) < 4.78 is 45.4. The van der Waals surface area contributed by atoms with Crippen molar-refractivity contribution in [2.24, 2.45) is 10.7 Å². The SMILES string of the molecule is CC(C)(F)COc1cnc2c(c1)[C@]1(COC(N)=N1)c1cc(-c3cccnc3F)ccc1O2. The number of nitrogens with two attached hydrogens (primary N) is 1. The number of alkyl halides is 1. The van der Waals surface area contributed by atoms with E-state index in [1.807, 2.05) is 0 Å². The van der Waals surface area contributed by atoms with Crippen LogP contribution in [0.2, 0.25) is 0 Å². The molecule has 1 spiro atoms. The topological polar surface area (TPSA) is 91.9 Å². The van der Waals surface area contributed by atoms with Crippen molar-refractivity contribution in [3.63, 3.8) is 0 Å². The first kappa shape index (κ1) is 20.2. The van der Waals surface area contributed by atoms with Crippen LogP contribution in [0.5, 0.6) is 17.4 Å². The van der Waals surface area contributed by atoms with E-state index in [9.17, 15) is 8.78 Å². The molecule has 0 aliphatic carbocycles. The van der Waals surface area contributed by atoms with Gasteiger partial charge < -0.3 is 19.9 Å². The number of aromatic nitrogens is 2. The smallest absolute Gasteiger partial charge is 0.283 e. The van der Waals surface area contributed by atoms with Crippen molar-refractivity contribution in [1.82, 2.24) is 9.97 Å². The third-order valence-electron chi connectivity index (χ3n) is 5.29. The molecule has 0 amide bonds. The Balaban J connectivity index is 1.64. The van der Waals surface area contributed by atoms with Crippen molar-refractivity contribution < 1.29 is 23.0 Å². The summed E-state index contributed by atoms with van der Waals surface area (Å²) in [5.41, 5.74) is 5.44. The number of rotatable bonds is 4. The number of hydrogen-bond acceptors (Lipinski definition) is 7. The van der Waals surface area contributed by atoms with Gasteiger partial charge in [0.1, 0.15) is 30.4 Å². The number of hydrogen-bond donors (Lipinski definition) is 1. The van der Waals surface area contributed by atoms with Crippen LogP contribution in [0.25, 0.3) is 11.1 Å². The summed E-state index contributed by atoms with van der Waals surface area (Å²) >= 11 is 0. The molecule has 0 unspecified atom stereocenters. The third-order valence-corrected chi connectivity index (χ3v) is 5.29. The highest BCUT2D eigenvalue weighted by Crippen LogP contribution is 2.51. The molecule has 5 rings (SSSR count). The molecule has 1 aromatic carbocycles. The molecule has 2 aliphatic heterocycles. The monoisotopic (exact) mass is 438 g/mol. The normalized spacial score (nSPS) is 18.9. The van der Waals surface area contributed by atoms with E-state index in [-0.39, 0.29) is 19.2 Å². The van der Waals surface area contributed by atoms with E-state index < -0.39 is 17.2 Å². The highest BCUT2D eigenvalue weighted by atomic mass is 19.1. The van der Waals surface area contributed by atoms with Gasteiger partial charge in [0.15, 0.2) is 5.54 Å². The van der Waals surface area contributed by atoms with Gasteiger partial charge in [0.25, 0.3) is 6.02 Å². The number of fused-ring (bicyclic) bond motifs is 4. The lowest BCUT2D eigenvalue weighted by molar-refractivity contribution is 0.120. The Labute approximate surface area is 182 Å². The largest absolute Gasteiger partial charge is 0.489 e. The van der Waals surface area contributed by atoms with E-state index in [4.69, 9.17) is 19.9 Å². The minimum absolute atomic E-state index is 0.0120. The summed E-state index contributed by atoms with van der Waals surface area (Å²) in [5.74, 6) is 0.580. The van der Waals surface area contributed by atoms with E-state index in [0.29, 0.717) is 39.6 Å². The molecule has 0 saturated heterocycles. The Morgan fingerprint density at radius 2 is 2.03 bits per heavy atom. The van der Waals surface area contributed by atoms with E-state index in [0.717, 1.165) is 0 Å². The van der Waals surface area contributed by atoms with Gasteiger partial charge in [-0.3, -0.25) is 0 Å². The van der Waals surface area contributed by atoms with Gasteiger partial charge in [-0.05, 0) is 49.7 Å². The maximum absolute atomic E-state index is 14.3. The molecule has 9 heteroatoms. The molecule has 0 saturated carbocycles. The minimum atomic E-state index is -1.52. The van der Waals surface area contributed by atoms with E-state index in [1.54, 1.807) is 36.4 Å². The van der Waals surface area contributed by atoms with E-state index in [1.165, 1.54) is 26.2 Å². The molecule has 3 aromatic rings. The van der Waals surface area contributed by atoms with Crippen molar-refractivity contribution in [2.45, 2.75) is 25.1 Å². The average Bonchev–Trinajstić information content (AvgIpc) is 3.15. The molecule has 164 valence electrons. The third kappa shape index (κ3) is 3.39. The van der Waals surface area contributed by atoms with Gasteiger partial charge in [0.05, 0.1) is 11.8 Å². The van der Waals surface area contributed by atoms with Crippen molar-refractivity contribution in [3.8, 4) is 28.5 Å². The van der Waals surface area contributed by atoms with E-state index >= 15 is 0 Å². The fourth-order valence-corrected chi connectivity index (χ4v) is 3.81. The molecule has 7 nitrogen and oxygen atoms in total. The fourth-order valence-electron chi connectivity index (χ4n) is 3.81. The van der Waals surface area contributed by atoms with Gasteiger partial charge in [-0.15, -0.1) is 0 Å². The summed E-state index contributed by atoms with van der Waals surface area (Å²) in [4.78, 5) is 12.7. The lowest BCUT2D eigenvalue weighted by Gasteiger charge is -2.33.